The van der Waals surface area contributed by atoms with Crippen molar-refractivity contribution < 1.29 is 9.53 Å². The summed E-state index contributed by atoms with van der Waals surface area (Å²) in [6.45, 7) is 1.52. The monoisotopic (exact) mass is 352 g/mol. The third-order valence-corrected chi connectivity index (χ3v) is 6.12. The van der Waals surface area contributed by atoms with Gasteiger partial charge in [-0.2, -0.15) is 0 Å². The Balaban J connectivity index is 1.41. The Labute approximate surface area is 148 Å². The zero-order chi connectivity index (χ0) is 16.8. The Bertz CT molecular complexity index is 537. The molecule has 0 unspecified atom stereocenters. The summed E-state index contributed by atoms with van der Waals surface area (Å²) in [5, 5.41) is 12.5. The van der Waals surface area contributed by atoms with Gasteiger partial charge in [0.1, 0.15) is 5.82 Å². The minimum atomic E-state index is 0.213. The van der Waals surface area contributed by atoms with Gasteiger partial charge in [0.25, 0.3) is 0 Å². The summed E-state index contributed by atoms with van der Waals surface area (Å²) in [6.07, 6.45) is 9.11. The molecule has 1 aliphatic heterocycles. The van der Waals surface area contributed by atoms with Crippen molar-refractivity contribution in [3.63, 3.8) is 0 Å². The molecule has 1 saturated heterocycles. The van der Waals surface area contributed by atoms with Crippen LogP contribution in [-0.4, -0.2) is 45.7 Å². The maximum atomic E-state index is 12.2. The van der Waals surface area contributed by atoms with Crippen molar-refractivity contribution in [2.75, 3.05) is 18.9 Å². The van der Waals surface area contributed by atoms with Crippen LogP contribution in [0.2, 0.25) is 0 Å². The molecule has 1 N–H and O–H groups in total. The summed E-state index contributed by atoms with van der Waals surface area (Å²) >= 11 is 1.70. The predicted octanol–water partition coefficient (Wildman–Crippen LogP) is 2.33. The van der Waals surface area contributed by atoms with Crippen molar-refractivity contribution in [2.24, 2.45) is 13.0 Å². The Morgan fingerprint density at radius 3 is 2.83 bits per heavy atom. The summed E-state index contributed by atoms with van der Waals surface area (Å²) in [5.41, 5.74) is 0. The van der Waals surface area contributed by atoms with Crippen LogP contribution in [-0.2, 0) is 23.0 Å². The number of carbonyl (C=O) groups excluding carboxylic acids is 1. The molecule has 1 atom stereocenters. The maximum absolute atomic E-state index is 12.2. The Kier molecular flexibility index (Phi) is 6.54. The average molecular weight is 353 g/mol. The maximum Gasteiger partial charge on any atom is 0.223 e. The molecule has 0 bridgehead atoms. The number of hydrogen-bond donors (Lipinski definition) is 1. The number of thioether (sulfide) groups is 1. The number of nitrogens with zero attached hydrogens (tertiary/aromatic N) is 3. The first-order chi connectivity index (χ1) is 11.7. The van der Waals surface area contributed by atoms with E-state index in [4.69, 9.17) is 4.74 Å². The van der Waals surface area contributed by atoms with Gasteiger partial charge in [0.15, 0.2) is 5.16 Å². The van der Waals surface area contributed by atoms with Crippen LogP contribution >= 0.6 is 11.8 Å². The van der Waals surface area contributed by atoms with Gasteiger partial charge < -0.3 is 14.6 Å². The van der Waals surface area contributed by atoms with E-state index in [-0.39, 0.29) is 11.8 Å². The number of ether oxygens (including phenoxy) is 1. The largest absolute Gasteiger partial charge is 0.377 e. The van der Waals surface area contributed by atoms with Gasteiger partial charge in [-0.25, -0.2) is 0 Å². The number of hydrogen-bond acceptors (Lipinski definition) is 5. The summed E-state index contributed by atoms with van der Waals surface area (Å²) < 4.78 is 7.68. The molecular formula is C17H28N4O2S. The third-order valence-electron chi connectivity index (χ3n) is 4.97. The first-order valence-corrected chi connectivity index (χ1v) is 10.1. The molecule has 2 heterocycles. The van der Waals surface area contributed by atoms with Gasteiger partial charge in [0.2, 0.25) is 5.91 Å². The van der Waals surface area contributed by atoms with Crippen LogP contribution in [0, 0.1) is 5.92 Å². The van der Waals surface area contributed by atoms with Gasteiger partial charge in [0.05, 0.1) is 6.10 Å². The molecule has 7 heteroatoms. The van der Waals surface area contributed by atoms with Crippen molar-refractivity contribution in [3.05, 3.63) is 5.82 Å². The number of amides is 1. The molecule has 2 fully saturated rings. The lowest BCUT2D eigenvalue weighted by Gasteiger charge is -2.20. The van der Waals surface area contributed by atoms with E-state index >= 15 is 0 Å². The fraction of sp³-hybridized carbons (Fsp3) is 0.824. The molecular weight excluding hydrogens is 324 g/mol. The fourth-order valence-corrected chi connectivity index (χ4v) is 4.43. The van der Waals surface area contributed by atoms with E-state index in [1.807, 2.05) is 11.6 Å². The van der Waals surface area contributed by atoms with Gasteiger partial charge in [-0.3, -0.25) is 4.79 Å². The molecule has 6 nitrogen and oxygen atoms in total. The van der Waals surface area contributed by atoms with Gasteiger partial charge in [0, 0.05) is 38.3 Å². The van der Waals surface area contributed by atoms with Crippen molar-refractivity contribution in [1.82, 2.24) is 20.1 Å². The van der Waals surface area contributed by atoms with Gasteiger partial charge in [-0.05, 0) is 25.7 Å². The summed E-state index contributed by atoms with van der Waals surface area (Å²) in [6, 6.07) is 0. The van der Waals surface area contributed by atoms with Gasteiger partial charge in [-0.1, -0.05) is 31.0 Å². The second-order valence-corrected chi connectivity index (χ2v) is 7.77. The van der Waals surface area contributed by atoms with Crippen LogP contribution in [0.1, 0.15) is 50.8 Å². The molecule has 1 aromatic heterocycles. The van der Waals surface area contributed by atoms with E-state index in [1.54, 1.807) is 11.8 Å². The van der Waals surface area contributed by atoms with Crippen LogP contribution in [0.25, 0.3) is 0 Å². The van der Waals surface area contributed by atoms with E-state index in [9.17, 15) is 4.79 Å². The number of aromatic nitrogens is 3. The minimum absolute atomic E-state index is 0.213. The van der Waals surface area contributed by atoms with E-state index in [1.165, 1.54) is 19.3 Å². The van der Waals surface area contributed by atoms with E-state index in [2.05, 4.69) is 15.5 Å². The van der Waals surface area contributed by atoms with Crippen molar-refractivity contribution >= 4 is 17.7 Å². The first kappa shape index (κ1) is 17.7. The molecule has 2 aliphatic rings. The molecule has 0 spiro atoms. The fourth-order valence-electron chi connectivity index (χ4n) is 3.44. The van der Waals surface area contributed by atoms with E-state index in [0.717, 1.165) is 55.4 Å². The van der Waals surface area contributed by atoms with Crippen LogP contribution in [0.5, 0.6) is 0 Å². The molecule has 3 rings (SSSR count). The summed E-state index contributed by atoms with van der Waals surface area (Å²) in [7, 11) is 2.00. The molecule has 0 radical (unpaired) electrons. The zero-order valence-corrected chi connectivity index (χ0v) is 15.3. The van der Waals surface area contributed by atoms with Crippen LogP contribution in [0.15, 0.2) is 5.16 Å². The van der Waals surface area contributed by atoms with Crippen LogP contribution in [0.3, 0.4) is 0 Å². The lowest BCUT2D eigenvalue weighted by molar-refractivity contribution is -0.125. The topological polar surface area (TPSA) is 69.0 Å². The second-order valence-electron chi connectivity index (χ2n) is 6.78. The zero-order valence-electron chi connectivity index (χ0n) is 14.5. The predicted molar refractivity (Wildman–Crippen MR) is 94.0 cm³/mol. The van der Waals surface area contributed by atoms with E-state index < -0.39 is 0 Å². The Hall–Kier alpha value is -1.08. The standard InChI is InChI=1S/C17H28N4O2S/c1-21-15(9-10-18-16(22)13-6-3-2-4-7-13)19-20-17(21)24-12-14-8-5-11-23-14/h13-14H,2-12H2,1H3,(H,18,22)/t14-/m1/s1. The van der Waals surface area contributed by atoms with Crippen molar-refractivity contribution in [3.8, 4) is 0 Å². The highest BCUT2D eigenvalue weighted by Gasteiger charge is 2.21. The molecule has 1 aliphatic carbocycles. The molecule has 1 aromatic rings. The van der Waals surface area contributed by atoms with E-state index in [0.29, 0.717) is 12.6 Å². The normalized spacial score (nSPS) is 22.0. The number of rotatable bonds is 7. The highest BCUT2D eigenvalue weighted by Crippen LogP contribution is 2.24. The van der Waals surface area contributed by atoms with Gasteiger partial charge >= 0.3 is 0 Å². The lowest BCUT2D eigenvalue weighted by atomic mass is 9.89. The number of nitrogens with one attached hydrogen (secondary N) is 1. The minimum Gasteiger partial charge on any atom is -0.377 e. The summed E-state index contributed by atoms with van der Waals surface area (Å²) in [5.74, 6) is 2.29. The third kappa shape index (κ3) is 4.72. The SMILES string of the molecule is Cn1c(CCNC(=O)C2CCCCC2)nnc1SC[C@H]1CCCO1. The highest BCUT2D eigenvalue weighted by molar-refractivity contribution is 7.99. The Morgan fingerprint density at radius 2 is 2.08 bits per heavy atom. The second kappa shape index (κ2) is 8.85. The smallest absolute Gasteiger partial charge is 0.223 e. The van der Waals surface area contributed by atoms with Gasteiger partial charge in [-0.15, -0.1) is 10.2 Å². The van der Waals surface area contributed by atoms with Crippen molar-refractivity contribution in [2.45, 2.75) is 62.6 Å². The first-order valence-electron chi connectivity index (χ1n) is 9.14. The average Bonchev–Trinajstić information content (AvgIpc) is 3.24. The summed E-state index contributed by atoms with van der Waals surface area (Å²) in [4.78, 5) is 12.2. The quantitative estimate of drug-likeness (QED) is 0.763. The molecule has 134 valence electrons. The highest BCUT2D eigenvalue weighted by atomic mass is 32.2. The van der Waals surface area contributed by atoms with Crippen LogP contribution < -0.4 is 5.32 Å². The number of carbonyl (C=O) groups is 1. The molecule has 0 aromatic carbocycles. The molecule has 1 amide bonds. The lowest BCUT2D eigenvalue weighted by Crippen LogP contribution is -2.33. The van der Waals surface area contributed by atoms with Crippen molar-refractivity contribution in [1.29, 1.82) is 0 Å². The Morgan fingerprint density at radius 1 is 1.25 bits per heavy atom. The molecule has 24 heavy (non-hydrogen) atoms. The molecule has 1 saturated carbocycles. The van der Waals surface area contributed by atoms with Crippen LogP contribution in [0.4, 0.5) is 0 Å².